The summed E-state index contributed by atoms with van der Waals surface area (Å²) in [6.07, 6.45) is 1.72. The highest BCUT2D eigenvalue weighted by Crippen LogP contribution is 2.66. The minimum absolute atomic E-state index is 0.151. The molecule has 5 nitrogen and oxygen atoms in total. The largest absolute Gasteiger partial charge is 0.484 e. The van der Waals surface area contributed by atoms with Gasteiger partial charge in [0.15, 0.2) is 5.60 Å². The van der Waals surface area contributed by atoms with Crippen LogP contribution in [-0.4, -0.2) is 15.8 Å². The SMILES string of the molecule is CC1(C)Oc2ccc(C#N)cc2[C@]2(n3ccccc3=O)O[C@]12C. The maximum atomic E-state index is 12.4. The van der Waals surface area contributed by atoms with Gasteiger partial charge in [0, 0.05) is 12.3 Å². The van der Waals surface area contributed by atoms with Crippen molar-refractivity contribution < 1.29 is 9.47 Å². The second kappa shape index (κ2) is 4.03. The molecule has 0 N–H and O–H groups in total. The van der Waals surface area contributed by atoms with E-state index in [1.165, 1.54) is 6.07 Å². The zero-order chi connectivity index (χ0) is 16.5. The Morgan fingerprint density at radius 2 is 1.96 bits per heavy atom. The molecule has 23 heavy (non-hydrogen) atoms. The van der Waals surface area contributed by atoms with Gasteiger partial charge in [-0.25, -0.2) is 0 Å². The number of hydrogen-bond donors (Lipinski definition) is 0. The van der Waals surface area contributed by atoms with Gasteiger partial charge in [-0.2, -0.15) is 5.26 Å². The van der Waals surface area contributed by atoms with Gasteiger partial charge in [0.25, 0.3) is 5.56 Å². The molecule has 0 spiro atoms. The van der Waals surface area contributed by atoms with Gasteiger partial charge in [-0.3, -0.25) is 9.36 Å². The Kier molecular flexibility index (Phi) is 2.46. The monoisotopic (exact) mass is 308 g/mol. The summed E-state index contributed by atoms with van der Waals surface area (Å²) in [5.41, 5.74) is -1.20. The summed E-state index contributed by atoms with van der Waals surface area (Å²) in [6, 6.07) is 12.4. The normalized spacial score (nSPS) is 29.7. The lowest BCUT2D eigenvalue weighted by Gasteiger charge is -2.39. The summed E-state index contributed by atoms with van der Waals surface area (Å²) >= 11 is 0. The van der Waals surface area contributed by atoms with Crippen molar-refractivity contribution in [3.8, 4) is 11.8 Å². The van der Waals surface area contributed by atoms with Gasteiger partial charge in [0.1, 0.15) is 11.4 Å². The molecule has 0 saturated carbocycles. The van der Waals surface area contributed by atoms with Crippen LogP contribution in [0.4, 0.5) is 0 Å². The summed E-state index contributed by atoms with van der Waals surface area (Å²) in [4.78, 5) is 12.4. The van der Waals surface area contributed by atoms with E-state index in [9.17, 15) is 10.1 Å². The first-order valence-corrected chi connectivity index (χ1v) is 7.48. The van der Waals surface area contributed by atoms with Crippen molar-refractivity contribution in [1.29, 1.82) is 5.26 Å². The molecule has 5 heteroatoms. The lowest BCUT2D eigenvalue weighted by atomic mass is 9.79. The Morgan fingerprint density at radius 1 is 1.17 bits per heavy atom. The smallest absolute Gasteiger partial charge is 0.253 e. The van der Waals surface area contributed by atoms with Crippen LogP contribution in [0.5, 0.6) is 5.75 Å². The number of nitriles is 1. The first-order chi connectivity index (χ1) is 10.9. The highest BCUT2D eigenvalue weighted by Gasteiger charge is 2.80. The van der Waals surface area contributed by atoms with Crippen molar-refractivity contribution in [3.63, 3.8) is 0 Å². The van der Waals surface area contributed by atoms with Gasteiger partial charge in [0.2, 0.25) is 5.72 Å². The van der Waals surface area contributed by atoms with E-state index < -0.39 is 16.9 Å². The van der Waals surface area contributed by atoms with Gasteiger partial charge >= 0.3 is 0 Å². The first-order valence-electron chi connectivity index (χ1n) is 7.48. The van der Waals surface area contributed by atoms with Gasteiger partial charge in [-0.15, -0.1) is 0 Å². The number of nitrogens with zero attached hydrogens (tertiary/aromatic N) is 2. The molecule has 1 saturated heterocycles. The number of pyridine rings is 1. The summed E-state index contributed by atoms with van der Waals surface area (Å²) in [5, 5.41) is 9.21. The second-order valence-electron chi connectivity index (χ2n) is 6.62. The number of epoxide rings is 1. The van der Waals surface area contributed by atoms with E-state index in [0.29, 0.717) is 16.9 Å². The first kappa shape index (κ1) is 14.0. The predicted molar refractivity (Wildman–Crippen MR) is 83.1 cm³/mol. The fourth-order valence-corrected chi connectivity index (χ4v) is 3.53. The van der Waals surface area contributed by atoms with Gasteiger partial charge in [-0.05, 0) is 45.0 Å². The zero-order valence-corrected chi connectivity index (χ0v) is 13.2. The maximum Gasteiger partial charge on any atom is 0.253 e. The molecule has 4 rings (SSSR count). The molecule has 0 aliphatic carbocycles. The molecule has 1 aromatic heterocycles. The molecule has 1 aromatic carbocycles. The van der Waals surface area contributed by atoms with Gasteiger partial charge in [-0.1, -0.05) is 6.07 Å². The molecule has 2 aliphatic rings. The number of ether oxygens (including phenoxy) is 2. The van der Waals surface area contributed by atoms with E-state index >= 15 is 0 Å². The van der Waals surface area contributed by atoms with Crippen molar-refractivity contribution in [3.05, 3.63) is 64.1 Å². The molecule has 0 unspecified atom stereocenters. The van der Waals surface area contributed by atoms with E-state index in [-0.39, 0.29) is 5.56 Å². The highest BCUT2D eigenvalue weighted by atomic mass is 16.7. The van der Waals surface area contributed by atoms with E-state index in [0.717, 1.165) is 0 Å². The van der Waals surface area contributed by atoms with Crippen LogP contribution in [0, 0.1) is 11.3 Å². The fourth-order valence-electron chi connectivity index (χ4n) is 3.53. The summed E-state index contributed by atoms with van der Waals surface area (Å²) < 4.78 is 13.9. The molecule has 2 aliphatic heterocycles. The molecule has 0 bridgehead atoms. The van der Waals surface area contributed by atoms with Crippen LogP contribution in [0.2, 0.25) is 0 Å². The molecule has 1 fully saturated rings. The van der Waals surface area contributed by atoms with E-state index in [2.05, 4.69) is 6.07 Å². The lowest BCUT2D eigenvalue weighted by Crippen LogP contribution is -2.53. The number of fused-ring (bicyclic) bond motifs is 3. The minimum atomic E-state index is -0.949. The average Bonchev–Trinajstić information content (AvgIpc) is 3.17. The standard InChI is InChI=1S/C18H16N2O3/c1-16(2)17(3)18(23-17,20-9-5-4-6-15(20)21)13-10-12(11-19)7-8-14(13)22-16/h4-10H,1-3H3/t17-,18+/m1/s1. The Morgan fingerprint density at radius 3 is 2.65 bits per heavy atom. The molecule has 3 heterocycles. The van der Waals surface area contributed by atoms with Gasteiger partial charge < -0.3 is 9.47 Å². The Labute approximate surface area is 133 Å². The van der Waals surface area contributed by atoms with E-state index in [1.54, 1.807) is 41.1 Å². The lowest BCUT2D eigenvalue weighted by molar-refractivity contribution is 0.0214. The summed E-state index contributed by atoms with van der Waals surface area (Å²) in [5.74, 6) is 0.639. The number of rotatable bonds is 1. The Balaban J connectivity index is 2.07. The van der Waals surface area contributed by atoms with Crippen LogP contribution in [0.3, 0.4) is 0 Å². The third kappa shape index (κ3) is 1.51. The Hall–Kier alpha value is -2.58. The van der Waals surface area contributed by atoms with Crippen LogP contribution in [0.15, 0.2) is 47.4 Å². The Bertz CT molecular complexity index is 924. The molecule has 0 amide bonds. The maximum absolute atomic E-state index is 12.4. The zero-order valence-electron chi connectivity index (χ0n) is 13.2. The highest BCUT2D eigenvalue weighted by molar-refractivity contribution is 5.53. The van der Waals surface area contributed by atoms with Crippen LogP contribution in [0.1, 0.15) is 31.9 Å². The number of hydrogen-bond acceptors (Lipinski definition) is 4. The van der Waals surface area contributed by atoms with Crippen LogP contribution < -0.4 is 10.3 Å². The van der Waals surface area contributed by atoms with Gasteiger partial charge in [0.05, 0.1) is 17.2 Å². The fraction of sp³-hybridized carbons (Fsp3) is 0.333. The van der Waals surface area contributed by atoms with Crippen molar-refractivity contribution in [2.45, 2.75) is 37.7 Å². The van der Waals surface area contributed by atoms with Crippen LogP contribution >= 0.6 is 0 Å². The molecular weight excluding hydrogens is 292 g/mol. The summed E-state index contributed by atoms with van der Waals surface area (Å²) in [6.45, 7) is 5.84. The van der Waals surface area contributed by atoms with Crippen molar-refractivity contribution in [1.82, 2.24) is 4.57 Å². The van der Waals surface area contributed by atoms with Crippen molar-refractivity contribution in [2.75, 3.05) is 0 Å². The quantitative estimate of drug-likeness (QED) is 0.759. The van der Waals surface area contributed by atoms with E-state index in [4.69, 9.17) is 9.47 Å². The van der Waals surface area contributed by atoms with Crippen LogP contribution in [-0.2, 0) is 10.5 Å². The minimum Gasteiger partial charge on any atom is -0.484 e. The second-order valence-corrected chi connectivity index (χ2v) is 6.62. The molecule has 116 valence electrons. The molecule has 2 aromatic rings. The molecule has 2 atom stereocenters. The third-order valence-corrected chi connectivity index (χ3v) is 5.11. The van der Waals surface area contributed by atoms with Crippen molar-refractivity contribution in [2.24, 2.45) is 0 Å². The topological polar surface area (TPSA) is 67.5 Å². The molecular formula is C18H16N2O3. The molecule has 0 radical (unpaired) electrons. The third-order valence-electron chi connectivity index (χ3n) is 5.11. The predicted octanol–water partition coefficient (Wildman–Crippen LogP) is 2.38. The van der Waals surface area contributed by atoms with Crippen LogP contribution in [0.25, 0.3) is 0 Å². The van der Waals surface area contributed by atoms with E-state index in [1.807, 2.05) is 20.8 Å². The van der Waals surface area contributed by atoms with Crippen molar-refractivity contribution >= 4 is 0 Å². The summed E-state index contributed by atoms with van der Waals surface area (Å²) in [7, 11) is 0. The number of aromatic nitrogens is 1. The average molecular weight is 308 g/mol. The number of benzene rings is 1.